The molecule has 4 aromatic heterocycles. The number of piperazine rings is 1. The number of methoxy groups -OCH3 is 1. The van der Waals surface area contributed by atoms with Gasteiger partial charge in [-0.25, -0.2) is 9.37 Å². The molecule has 0 radical (unpaired) electrons. The lowest BCUT2D eigenvalue weighted by molar-refractivity contribution is -0.131. The zero-order chi connectivity index (χ0) is 33.9. The van der Waals surface area contributed by atoms with E-state index in [4.69, 9.17) is 4.74 Å². The fourth-order valence-corrected chi connectivity index (χ4v) is 6.75. The van der Waals surface area contributed by atoms with Crippen molar-refractivity contribution in [3.8, 4) is 16.9 Å². The van der Waals surface area contributed by atoms with Crippen LogP contribution in [0.3, 0.4) is 0 Å². The Labute approximate surface area is 283 Å². The van der Waals surface area contributed by atoms with Gasteiger partial charge in [-0.2, -0.15) is 0 Å². The molecular weight excluding hydrogens is 625 g/mol. The SMILES string of the molecule is CCc1ccncc1-c1cc(C2=CCCN(C(=O)CCn3ccnn3)C2)c(F)c2[nH]c(C(=O)N3CCN(c4ncccc4OC)CC3)cc12. The lowest BCUT2D eigenvalue weighted by atomic mass is 9.91. The number of carbonyl (C=O) groups is 2. The quantitative estimate of drug-likeness (QED) is 0.243. The Bertz CT molecular complexity index is 2020. The van der Waals surface area contributed by atoms with Crippen molar-refractivity contribution in [2.75, 3.05) is 51.3 Å². The van der Waals surface area contributed by atoms with Crippen molar-refractivity contribution in [3.63, 3.8) is 0 Å². The van der Waals surface area contributed by atoms with Crippen molar-refractivity contribution in [3.05, 3.63) is 90.0 Å². The number of aryl methyl sites for hydroxylation is 2. The topological polar surface area (TPSA) is 125 Å². The first kappa shape index (κ1) is 32.0. The Morgan fingerprint density at radius 2 is 1.86 bits per heavy atom. The normalized spacial score (nSPS) is 15.1. The van der Waals surface area contributed by atoms with Gasteiger partial charge in [0.1, 0.15) is 5.69 Å². The summed E-state index contributed by atoms with van der Waals surface area (Å²) in [6.07, 6.45) is 12.2. The number of amides is 2. The predicted octanol–water partition coefficient (Wildman–Crippen LogP) is 4.59. The number of carbonyl (C=O) groups excluding carboxylic acids is 2. The number of nitrogens with zero attached hydrogens (tertiary/aromatic N) is 8. The summed E-state index contributed by atoms with van der Waals surface area (Å²) < 4.78 is 23.8. The Balaban J connectivity index is 1.19. The summed E-state index contributed by atoms with van der Waals surface area (Å²) in [6, 6.07) is 9.28. The smallest absolute Gasteiger partial charge is 0.270 e. The lowest BCUT2D eigenvalue weighted by Crippen LogP contribution is -2.49. The van der Waals surface area contributed by atoms with Crippen LogP contribution in [0.2, 0.25) is 0 Å². The largest absolute Gasteiger partial charge is 0.493 e. The Morgan fingerprint density at radius 3 is 2.63 bits per heavy atom. The van der Waals surface area contributed by atoms with Crippen LogP contribution in [0.4, 0.5) is 10.2 Å². The highest BCUT2D eigenvalue weighted by molar-refractivity contribution is 6.05. The zero-order valence-corrected chi connectivity index (χ0v) is 27.6. The van der Waals surface area contributed by atoms with Crippen molar-refractivity contribution >= 4 is 34.1 Å². The van der Waals surface area contributed by atoms with Gasteiger partial charge in [-0.1, -0.05) is 18.2 Å². The minimum Gasteiger partial charge on any atom is -0.493 e. The van der Waals surface area contributed by atoms with Crippen molar-refractivity contribution < 1.29 is 18.7 Å². The van der Waals surface area contributed by atoms with Gasteiger partial charge in [0.25, 0.3) is 5.91 Å². The second-order valence-electron chi connectivity index (χ2n) is 12.2. The molecule has 1 N–H and O–H groups in total. The van der Waals surface area contributed by atoms with Crippen LogP contribution in [0.1, 0.15) is 41.4 Å². The molecule has 0 aliphatic carbocycles. The molecule has 2 aliphatic heterocycles. The molecule has 0 spiro atoms. The maximum atomic E-state index is 16.7. The summed E-state index contributed by atoms with van der Waals surface area (Å²) in [5.41, 5.74) is 4.44. The minimum atomic E-state index is -0.449. The highest BCUT2D eigenvalue weighted by Crippen LogP contribution is 2.38. The lowest BCUT2D eigenvalue weighted by Gasteiger charge is -2.35. The number of H-pyrrole nitrogens is 1. The monoisotopic (exact) mass is 663 g/mol. The van der Waals surface area contributed by atoms with Gasteiger partial charge >= 0.3 is 0 Å². The second kappa shape index (κ2) is 13.9. The summed E-state index contributed by atoms with van der Waals surface area (Å²) in [7, 11) is 1.62. The number of benzene rings is 1. The molecule has 13 heteroatoms. The summed E-state index contributed by atoms with van der Waals surface area (Å²) in [5, 5.41) is 8.36. The number of hydrogen-bond donors (Lipinski definition) is 1. The van der Waals surface area contributed by atoms with Gasteiger partial charge in [0.2, 0.25) is 5.91 Å². The summed E-state index contributed by atoms with van der Waals surface area (Å²) >= 11 is 0. The zero-order valence-electron chi connectivity index (χ0n) is 27.6. The number of fused-ring (bicyclic) bond motifs is 1. The van der Waals surface area contributed by atoms with E-state index in [0.29, 0.717) is 68.1 Å². The second-order valence-corrected chi connectivity index (χ2v) is 12.2. The number of rotatable bonds is 9. The van der Waals surface area contributed by atoms with E-state index in [1.54, 1.807) is 58.6 Å². The van der Waals surface area contributed by atoms with E-state index >= 15 is 4.39 Å². The van der Waals surface area contributed by atoms with Crippen molar-refractivity contribution in [2.24, 2.45) is 0 Å². The van der Waals surface area contributed by atoms with Crippen LogP contribution in [0.5, 0.6) is 5.75 Å². The number of nitrogens with one attached hydrogen (secondary N) is 1. The first-order chi connectivity index (χ1) is 23.9. The molecule has 5 aromatic rings. The minimum absolute atomic E-state index is 0.0299. The van der Waals surface area contributed by atoms with Gasteiger partial charge in [-0.15, -0.1) is 5.10 Å². The van der Waals surface area contributed by atoms with E-state index < -0.39 is 5.82 Å². The summed E-state index contributed by atoms with van der Waals surface area (Å²) in [6.45, 7) is 5.45. The third-order valence-corrected chi connectivity index (χ3v) is 9.38. The molecule has 2 amide bonds. The molecule has 0 unspecified atom stereocenters. The molecule has 1 fully saturated rings. The van der Waals surface area contributed by atoms with Crippen LogP contribution in [-0.4, -0.2) is 97.9 Å². The van der Waals surface area contributed by atoms with Crippen LogP contribution in [0.25, 0.3) is 27.6 Å². The van der Waals surface area contributed by atoms with Gasteiger partial charge in [-0.05, 0) is 59.9 Å². The van der Waals surface area contributed by atoms with Gasteiger partial charge in [0.15, 0.2) is 17.4 Å². The highest BCUT2D eigenvalue weighted by atomic mass is 19.1. The average Bonchev–Trinajstić information content (AvgIpc) is 3.85. The molecule has 0 bridgehead atoms. The third-order valence-electron chi connectivity index (χ3n) is 9.38. The predicted molar refractivity (Wildman–Crippen MR) is 184 cm³/mol. The van der Waals surface area contributed by atoms with E-state index in [1.807, 2.05) is 30.3 Å². The Hall–Kier alpha value is -5.59. The molecule has 252 valence electrons. The molecule has 1 aromatic carbocycles. The van der Waals surface area contributed by atoms with Gasteiger partial charge in [0, 0.05) is 87.0 Å². The molecule has 49 heavy (non-hydrogen) atoms. The number of aromatic nitrogens is 6. The van der Waals surface area contributed by atoms with Gasteiger partial charge in [0.05, 0.1) is 25.4 Å². The molecule has 2 aliphatic rings. The molecular formula is C36H38FN9O3. The molecule has 1 saturated heterocycles. The van der Waals surface area contributed by atoms with E-state index in [2.05, 4.69) is 37.1 Å². The number of anilines is 1. The van der Waals surface area contributed by atoms with Crippen molar-refractivity contribution in [1.29, 1.82) is 0 Å². The first-order valence-electron chi connectivity index (χ1n) is 16.6. The number of halogens is 1. The first-order valence-corrected chi connectivity index (χ1v) is 16.6. The van der Waals surface area contributed by atoms with E-state index in [0.717, 1.165) is 34.5 Å². The molecule has 0 atom stereocenters. The van der Waals surface area contributed by atoms with Crippen LogP contribution in [0.15, 0.2) is 67.4 Å². The molecule has 7 rings (SSSR count). The van der Waals surface area contributed by atoms with Crippen LogP contribution in [0, 0.1) is 5.82 Å². The van der Waals surface area contributed by atoms with E-state index in [1.165, 1.54) is 0 Å². The van der Waals surface area contributed by atoms with Crippen LogP contribution in [-0.2, 0) is 17.8 Å². The summed E-state index contributed by atoms with van der Waals surface area (Å²) in [4.78, 5) is 44.8. The van der Waals surface area contributed by atoms with E-state index in [9.17, 15) is 9.59 Å². The van der Waals surface area contributed by atoms with Crippen molar-refractivity contribution in [1.82, 2.24) is 39.7 Å². The van der Waals surface area contributed by atoms with E-state index in [-0.39, 0.29) is 30.3 Å². The average molecular weight is 664 g/mol. The maximum Gasteiger partial charge on any atom is 0.270 e. The summed E-state index contributed by atoms with van der Waals surface area (Å²) in [5.74, 6) is 0.759. The standard InChI is InChI=1S/C36H38FN9O3/c1-3-24-8-11-38-22-29(24)27-20-26(25-6-5-13-45(23-25)32(47)9-14-46-15-12-40-42-46)33(37)34-28(27)21-30(41-34)36(48)44-18-16-43(17-19-44)35-31(49-2)7-4-10-39-35/h4,6-8,10-12,15,20-22,41H,3,5,9,13-14,16-19,23H2,1-2H3. The number of aromatic amines is 1. The van der Waals surface area contributed by atoms with Gasteiger partial charge in [-0.3, -0.25) is 19.3 Å². The third kappa shape index (κ3) is 6.35. The maximum absolute atomic E-state index is 16.7. The fourth-order valence-electron chi connectivity index (χ4n) is 6.75. The Morgan fingerprint density at radius 1 is 1.00 bits per heavy atom. The Kier molecular flexibility index (Phi) is 9.05. The highest BCUT2D eigenvalue weighted by Gasteiger charge is 2.28. The number of hydrogen-bond acceptors (Lipinski definition) is 8. The van der Waals surface area contributed by atoms with Crippen LogP contribution < -0.4 is 9.64 Å². The number of ether oxygens (including phenoxy) is 1. The van der Waals surface area contributed by atoms with Gasteiger partial charge < -0.3 is 24.4 Å². The molecule has 12 nitrogen and oxygen atoms in total. The van der Waals surface area contributed by atoms with Crippen LogP contribution >= 0.6 is 0 Å². The molecule has 0 saturated carbocycles. The number of pyridine rings is 2. The molecule has 6 heterocycles. The van der Waals surface area contributed by atoms with Crippen molar-refractivity contribution in [2.45, 2.75) is 32.7 Å². The fraction of sp³-hybridized carbons (Fsp3) is 0.333.